The molecule has 0 fully saturated rings. The van der Waals surface area contributed by atoms with E-state index in [0.717, 1.165) is 5.69 Å². The smallest absolute Gasteiger partial charge is 0.328 e. The summed E-state index contributed by atoms with van der Waals surface area (Å²) in [5.41, 5.74) is 0.965. The fraction of sp³-hybridized carbons (Fsp3) is 0.231. The van der Waals surface area contributed by atoms with Crippen LogP contribution in [-0.2, 0) is 16.0 Å². The summed E-state index contributed by atoms with van der Waals surface area (Å²) in [6.45, 7) is 0. The molecule has 1 atom stereocenters. The zero-order valence-corrected chi connectivity index (χ0v) is 10.9. The maximum Gasteiger partial charge on any atom is 0.328 e. The molecule has 7 nitrogen and oxygen atoms in total. The number of carbonyl (C=O) groups excluding carboxylic acids is 2. The second-order valence-corrected chi connectivity index (χ2v) is 4.05. The average molecular weight is 274 g/mol. The normalized spacial score (nSPS) is 11.7. The Morgan fingerprint density at radius 3 is 2.90 bits per heavy atom. The molecule has 0 aliphatic carbocycles. The summed E-state index contributed by atoms with van der Waals surface area (Å²) in [6.07, 6.45) is 4.87. The van der Waals surface area contributed by atoms with Gasteiger partial charge in [0.15, 0.2) is 0 Å². The van der Waals surface area contributed by atoms with Gasteiger partial charge in [0.25, 0.3) is 5.91 Å². The van der Waals surface area contributed by atoms with Crippen molar-refractivity contribution in [1.29, 1.82) is 0 Å². The van der Waals surface area contributed by atoms with Crippen LogP contribution in [0.1, 0.15) is 16.2 Å². The third kappa shape index (κ3) is 3.41. The average Bonchev–Trinajstić information content (AvgIpc) is 2.99. The largest absolute Gasteiger partial charge is 0.467 e. The maximum atomic E-state index is 12.0. The second-order valence-electron chi connectivity index (χ2n) is 4.05. The van der Waals surface area contributed by atoms with Crippen molar-refractivity contribution < 1.29 is 14.3 Å². The summed E-state index contributed by atoms with van der Waals surface area (Å²) in [5.74, 6) is -0.954. The molecule has 2 N–H and O–H groups in total. The summed E-state index contributed by atoms with van der Waals surface area (Å²) >= 11 is 0. The number of nitrogens with one attached hydrogen (secondary N) is 2. The standard InChI is InChI=1S/C13H14N4O3/c1-20-13(19)11(6-9-7-14-8-16-9)17-12(18)10-4-2-3-5-15-10/h2-5,7-8,11H,6H2,1H3,(H,14,16)(H,17,18)/t11-/m0/s1. The fourth-order valence-corrected chi connectivity index (χ4v) is 1.68. The molecule has 2 aromatic rings. The van der Waals surface area contributed by atoms with Gasteiger partial charge in [-0.15, -0.1) is 0 Å². The first-order valence-corrected chi connectivity index (χ1v) is 5.97. The molecule has 2 aromatic heterocycles. The number of esters is 1. The molecule has 0 radical (unpaired) electrons. The number of aromatic amines is 1. The van der Waals surface area contributed by atoms with Gasteiger partial charge < -0.3 is 15.0 Å². The van der Waals surface area contributed by atoms with Gasteiger partial charge in [-0.2, -0.15) is 0 Å². The summed E-state index contributed by atoms with van der Waals surface area (Å²) in [6, 6.07) is 4.18. The number of amides is 1. The van der Waals surface area contributed by atoms with Gasteiger partial charge in [-0.3, -0.25) is 9.78 Å². The third-order valence-corrected chi connectivity index (χ3v) is 2.67. The molecule has 104 valence electrons. The molecule has 0 aliphatic rings. The number of aromatic nitrogens is 3. The van der Waals surface area contributed by atoms with Gasteiger partial charge in [-0.05, 0) is 12.1 Å². The lowest BCUT2D eigenvalue weighted by molar-refractivity contribution is -0.142. The second kappa shape index (κ2) is 6.46. The number of nitrogens with zero attached hydrogens (tertiary/aromatic N) is 2. The van der Waals surface area contributed by atoms with E-state index in [9.17, 15) is 9.59 Å². The van der Waals surface area contributed by atoms with E-state index in [2.05, 4.69) is 25.0 Å². The number of ether oxygens (including phenoxy) is 1. The Bertz CT molecular complexity index is 569. The van der Waals surface area contributed by atoms with Crippen LogP contribution in [0.2, 0.25) is 0 Å². The Kier molecular flexibility index (Phi) is 4.43. The molecule has 0 aliphatic heterocycles. The molecule has 0 spiro atoms. The van der Waals surface area contributed by atoms with Crippen molar-refractivity contribution in [2.45, 2.75) is 12.5 Å². The van der Waals surface area contributed by atoms with Crippen LogP contribution in [0.5, 0.6) is 0 Å². The summed E-state index contributed by atoms with van der Waals surface area (Å²) in [4.78, 5) is 34.4. The van der Waals surface area contributed by atoms with Crippen molar-refractivity contribution in [3.8, 4) is 0 Å². The van der Waals surface area contributed by atoms with Gasteiger partial charge in [0.05, 0.1) is 13.4 Å². The monoisotopic (exact) mass is 274 g/mol. The Labute approximate surface area is 115 Å². The molecule has 0 aromatic carbocycles. The van der Waals surface area contributed by atoms with Gasteiger partial charge in [-0.25, -0.2) is 9.78 Å². The highest BCUT2D eigenvalue weighted by Crippen LogP contribution is 2.02. The minimum atomic E-state index is -0.796. The Hall–Kier alpha value is -2.70. The van der Waals surface area contributed by atoms with Gasteiger partial charge >= 0.3 is 5.97 Å². The van der Waals surface area contributed by atoms with Crippen LogP contribution in [0.4, 0.5) is 0 Å². The SMILES string of the molecule is COC(=O)[C@H](Cc1cnc[nH]1)NC(=O)c1ccccn1. The molecule has 20 heavy (non-hydrogen) atoms. The van der Waals surface area contributed by atoms with Crippen LogP contribution >= 0.6 is 0 Å². The molecule has 0 bridgehead atoms. The Balaban J connectivity index is 2.08. The first kappa shape index (κ1) is 13.7. The number of carbonyl (C=O) groups is 2. The van der Waals surface area contributed by atoms with Crippen LogP contribution in [0.25, 0.3) is 0 Å². The van der Waals surface area contributed by atoms with E-state index in [0.29, 0.717) is 0 Å². The first-order valence-electron chi connectivity index (χ1n) is 5.97. The fourth-order valence-electron chi connectivity index (χ4n) is 1.68. The van der Waals surface area contributed by atoms with Crippen molar-refractivity contribution in [2.75, 3.05) is 7.11 Å². The van der Waals surface area contributed by atoms with Gasteiger partial charge in [0.1, 0.15) is 11.7 Å². The van der Waals surface area contributed by atoms with Crippen molar-refractivity contribution in [3.05, 3.63) is 48.3 Å². The lowest BCUT2D eigenvalue weighted by Gasteiger charge is -2.15. The number of methoxy groups -OCH3 is 1. The highest BCUT2D eigenvalue weighted by molar-refractivity contribution is 5.95. The lowest BCUT2D eigenvalue weighted by atomic mass is 10.1. The lowest BCUT2D eigenvalue weighted by Crippen LogP contribution is -2.43. The molecule has 0 saturated heterocycles. The number of hydrogen-bond donors (Lipinski definition) is 2. The van der Waals surface area contributed by atoms with Crippen molar-refractivity contribution in [2.24, 2.45) is 0 Å². The van der Waals surface area contributed by atoms with E-state index in [1.807, 2.05) is 0 Å². The minimum Gasteiger partial charge on any atom is -0.467 e. The Morgan fingerprint density at radius 2 is 2.30 bits per heavy atom. The van der Waals surface area contributed by atoms with Gasteiger partial charge in [0.2, 0.25) is 0 Å². The molecule has 0 saturated carbocycles. The predicted molar refractivity (Wildman–Crippen MR) is 69.8 cm³/mol. The van der Waals surface area contributed by atoms with Crippen molar-refractivity contribution in [1.82, 2.24) is 20.3 Å². The molecule has 7 heteroatoms. The zero-order chi connectivity index (χ0) is 14.4. The number of H-pyrrole nitrogens is 1. The van der Waals surface area contributed by atoms with E-state index in [1.165, 1.54) is 19.6 Å². The number of imidazole rings is 1. The van der Waals surface area contributed by atoms with Crippen LogP contribution in [0.3, 0.4) is 0 Å². The highest BCUT2D eigenvalue weighted by atomic mass is 16.5. The highest BCUT2D eigenvalue weighted by Gasteiger charge is 2.23. The van der Waals surface area contributed by atoms with Crippen molar-refractivity contribution in [3.63, 3.8) is 0 Å². The maximum absolute atomic E-state index is 12.0. The predicted octanol–water partition coefficient (Wildman–Crippen LogP) is 0.319. The molecule has 2 heterocycles. The first-order chi connectivity index (χ1) is 9.70. The molecular weight excluding hydrogens is 260 g/mol. The van der Waals surface area contributed by atoms with Crippen LogP contribution < -0.4 is 5.32 Å². The number of hydrogen-bond acceptors (Lipinski definition) is 5. The van der Waals surface area contributed by atoms with E-state index < -0.39 is 17.9 Å². The third-order valence-electron chi connectivity index (χ3n) is 2.67. The van der Waals surface area contributed by atoms with Crippen LogP contribution in [-0.4, -0.2) is 40.0 Å². The molecule has 2 rings (SSSR count). The van der Waals surface area contributed by atoms with Crippen LogP contribution in [0.15, 0.2) is 36.9 Å². The number of pyridine rings is 1. The Morgan fingerprint density at radius 1 is 1.45 bits per heavy atom. The minimum absolute atomic E-state index is 0.242. The van der Waals surface area contributed by atoms with Gasteiger partial charge in [0, 0.05) is 24.5 Å². The van der Waals surface area contributed by atoms with E-state index in [1.54, 1.807) is 24.4 Å². The zero-order valence-electron chi connectivity index (χ0n) is 10.9. The summed E-state index contributed by atoms with van der Waals surface area (Å²) < 4.78 is 4.69. The van der Waals surface area contributed by atoms with E-state index in [-0.39, 0.29) is 12.1 Å². The molecule has 0 unspecified atom stereocenters. The van der Waals surface area contributed by atoms with Crippen LogP contribution in [0, 0.1) is 0 Å². The van der Waals surface area contributed by atoms with Gasteiger partial charge in [-0.1, -0.05) is 6.07 Å². The topological polar surface area (TPSA) is 97.0 Å². The quantitative estimate of drug-likeness (QED) is 0.765. The number of rotatable bonds is 5. The van der Waals surface area contributed by atoms with Crippen molar-refractivity contribution >= 4 is 11.9 Å². The van der Waals surface area contributed by atoms with E-state index in [4.69, 9.17) is 0 Å². The summed E-state index contributed by atoms with van der Waals surface area (Å²) in [5, 5.41) is 2.60. The van der Waals surface area contributed by atoms with E-state index >= 15 is 0 Å². The summed E-state index contributed by atoms with van der Waals surface area (Å²) in [7, 11) is 1.27. The molecule has 1 amide bonds. The molecular formula is C13H14N4O3.